The van der Waals surface area contributed by atoms with Gasteiger partial charge in [-0.05, 0) is 37.6 Å². The van der Waals surface area contributed by atoms with Crippen LogP contribution in [0.1, 0.15) is 57.5 Å². The monoisotopic (exact) mass is 530 g/mol. The summed E-state index contributed by atoms with van der Waals surface area (Å²) in [6, 6.07) is 0.973. The number of carbonyl (C=O) groups is 1. The van der Waals surface area contributed by atoms with E-state index in [0.717, 1.165) is 26.5 Å². The lowest BCUT2D eigenvalue weighted by atomic mass is 10.0. The molecule has 194 valence electrons. The number of rotatable bonds is 3. The number of thiophene rings is 1. The lowest BCUT2D eigenvalue weighted by Gasteiger charge is -2.36. The highest BCUT2D eigenvalue weighted by Crippen LogP contribution is 2.38. The highest BCUT2D eigenvalue weighted by molar-refractivity contribution is 7.18. The van der Waals surface area contributed by atoms with Crippen molar-refractivity contribution in [2.45, 2.75) is 46.0 Å². The minimum atomic E-state index is -5.02. The Hall–Kier alpha value is -2.89. The van der Waals surface area contributed by atoms with E-state index in [-0.39, 0.29) is 25.1 Å². The van der Waals surface area contributed by atoms with Gasteiger partial charge in [0.05, 0.1) is 16.5 Å². The number of hydrogen-bond donors (Lipinski definition) is 0. The minimum Gasteiger partial charge on any atom is -0.352 e. The van der Waals surface area contributed by atoms with Gasteiger partial charge >= 0.3 is 12.4 Å². The number of anilines is 1. The first-order chi connectivity index (χ1) is 16.7. The second-order valence-corrected chi connectivity index (χ2v) is 10.3. The zero-order valence-corrected chi connectivity index (χ0v) is 20.8. The van der Waals surface area contributed by atoms with Gasteiger partial charge in [-0.3, -0.25) is 4.79 Å². The normalized spacial score (nSPS) is 15.3. The third-order valence-electron chi connectivity index (χ3n) is 6.24. The summed E-state index contributed by atoms with van der Waals surface area (Å²) in [7, 11) is 0. The summed E-state index contributed by atoms with van der Waals surface area (Å²) in [5.41, 5.74) is -2.59. The number of alkyl halides is 6. The maximum absolute atomic E-state index is 13.2. The van der Waals surface area contributed by atoms with Crippen molar-refractivity contribution in [2.24, 2.45) is 0 Å². The van der Waals surface area contributed by atoms with Crippen LogP contribution in [0.15, 0.2) is 18.2 Å². The summed E-state index contributed by atoms with van der Waals surface area (Å²) in [6.07, 6.45) is -10.0. The third kappa shape index (κ3) is 5.00. The third-order valence-corrected chi connectivity index (χ3v) is 7.35. The van der Waals surface area contributed by atoms with E-state index in [4.69, 9.17) is 4.98 Å². The van der Waals surface area contributed by atoms with Crippen LogP contribution >= 0.6 is 11.3 Å². The number of piperazine rings is 1. The van der Waals surface area contributed by atoms with Gasteiger partial charge < -0.3 is 9.80 Å². The van der Waals surface area contributed by atoms with Gasteiger partial charge in [0.2, 0.25) is 0 Å². The molecule has 0 radical (unpaired) electrons. The van der Waals surface area contributed by atoms with Crippen LogP contribution in [0.4, 0.5) is 32.2 Å². The molecular formula is C24H24F6N4OS. The number of fused-ring (bicyclic) bond motifs is 1. The first-order valence-corrected chi connectivity index (χ1v) is 12.1. The van der Waals surface area contributed by atoms with Crippen molar-refractivity contribution < 1.29 is 31.1 Å². The van der Waals surface area contributed by atoms with Gasteiger partial charge in [0.25, 0.3) is 5.91 Å². The van der Waals surface area contributed by atoms with Gasteiger partial charge in [-0.2, -0.15) is 26.3 Å². The summed E-state index contributed by atoms with van der Waals surface area (Å²) in [4.78, 5) is 27.7. The lowest BCUT2D eigenvalue weighted by molar-refractivity contribution is -0.143. The van der Waals surface area contributed by atoms with E-state index >= 15 is 0 Å². The molecule has 36 heavy (non-hydrogen) atoms. The molecule has 0 atom stereocenters. The van der Waals surface area contributed by atoms with Gasteiger partial charge in [-0.25, -0.2) is 9.97 Å². The summed E-state index contributed by atoms with van der Waals surface area (Å²) in [5, 5.41) is 0.925. The molecule has 1 aliphatic heterocycles. The average Bonchev–Trinajstić information content (AvgIpc) is 3.10. The van der Waals surface area contributed by atoms with Crippen LogP contribution in [-0.2, 0) is 12.4 Å². The number of aromatic nitrogens is 2. The smallest absolute Gasteiger partial charge is 0.352 e. The molecule has 1 fully saturated rings. The highest BCUT2D eigenvalue weighted by atomic mass is 32.1. The predicted octanol–water partition coefficient (Wildman–Crippen LogP) is 6.43. The van der Waals surface area contributed by atoms with Crippen LogP contribution in [0, 0.1) is 13.8 Å². The van der Waals surface area contributed by atoms with E-state index in [0.29, 0.717) is 31.0 Å². The zero-order valence-electron chi connectivity index (χ0n) is 20.0. The Morgan fingerprint density at radius 3 is 1.97 bits per heavy atom. The summed E-state index contributed by atoms with van der Waals surface area (Å²) in [5.74, 6) is 0.629. The largest absolute Gasteiger partial charge is 0.416 e. The van der Waals surface area contributed by atoms with Gasteiger partial charge in [-0.1, -0.05) is 13.8 Å². The Morgan fingerprint density at radius 2 is 1.47 bits per heavy atom. The van der Waals surface area contributed by atoms with Crippen LogP contribution in [0.5, 0.6) is 0 Å². The number of benzene rings is 1. The quantitative estimate of drug-likeness (QED) is 0.366. The molecule has 0 saturated carbocycles. The van der Waals surface area contributed by atoms with Crippen LogP contribution < -0.4 is 4.90 Å². The molecule has 2 aromatic heterocycles. The average molecular weight is 531 g/mol. The van der Waals surface area contributed by atoms with Crippen LogP contribution in [0.2, 0.25) is 0 Å². The standard InChI is InChI=1S/C24H24F6N4OS/c1-12(2)19-31-20(18-13(3)14(4)36-21(18)32-19)33-5-7-34(8-6-33)22(35)15-9-16(23(25,26)27)11-17(10-15)24(28,29)30/h9-12H,5-8H2,1-4H3. The Morgan fingerprint density at radius 1 is 0.917 bits per heavy atom. The van der Waals surface area contributed by atoms with Crippen LogP contribution in [0.3, 0.4) is 0 Å². The molecule has 1 aromatic carbocycles. The van der Waals surface area contributed by atoms with E-state index in [9.17, 15) is 31.1 Å². The number of amides is 1. The van der Waals surface area contributed by atoms with Crippen molar-refractivity contribution in [3.05, 3.63) is 51.2 Å². The van der Waals surface area contributed by atoms with Crippen molar-refractivity contribution in [3.8, 4) is 0 Å². The molecule has 0 unspecified atom stereocenters. The molecule has 1 amide bonds. The number of nitrogens with zero attached hydrogens (tertiary/aromatic N) is 4. The maximum Gasteiger partial charge on any atom is 0.416 e. The molecule has 12 heteroatoms. The molecule has 5 nitrogen and oxygen atoms in total. The number of halogens is 6. The van der Waals surface area contributed by atoms with Crippen LogP contribution in [0.25, 0.3) is 10.2 Å². The van der Waals surface area contributed by atoms with Gasteiger partial charge in [0, 0.05) is 42.5 Å². The number of aryl methyl sites for hydroxylation is 2. The fourth-order valence-corrected chi connectivity index (χ4v) is 5.14. The Kier molecular flexibility index (Phi) is 6.69. The molecular weight excluding hydrogens is 506 g/mol. The Bertz CT molecular complexity index is 1270. The van der Waals surface area contributed by atoms with Crippen molar-refractivity contribution in [1.29, 1.82) is 0 Å². The SMILES string of the molecule is Cc1sc2nc(C(C)C)nc(N3CCN(C(=O)c4cc(C(F)(F)F)cc(C(F)(F)F)c4)CC3)c2c1C. The van der Waals surface area contributed by atoms with E-state index in [1.807, 2.05) is 32.6 Å². The van der Waals surface area contributed by atoms with Crippen LogP contribution in [-0.4, -0.2) is 47.0 Å². The highest BCUT2D eigenvalue weighted by Gasteiger charge is 2.38. The summed E-state index contributed by atoms with van der Waals surface area (Å²) < 4.78 is 79.3. The minimum absolute atomic E-state index is 0.0204. The van der Waals surface area contributed by atoms with Gasteiger partial charge in [0.15, 0.2) is 0 Å². The molecule has 3 heterocycles. The fraction of sp³-hybridized carbons (Fsp3) is 0.458. The molecule has 0 aliphatic carbocycles. The van der Waals surface area contributed by atoms with Gasteiger partial charge in [0.1, 0.15) is 16.5 Å². The van der Waals surface area contributed by atoms with E-state index in [2.05, 4.69) is 4.98 Å². The van der Waals surface area contributed by atoms with E-state index < -0.39 is 35.0 Å². The number of carbonyl (C=O) groups excluding carboxylic acids is 1. The molecule has 0 bridgehead atoms. The molecule has 3 aromatic rings. The predicted molar refractivity (Wildman–Crippen MR) is 126 cm³/mol. The fourth-order valence-electron chi connectivity index (χ4n) is 4.11. The van der Waals surface area contributed by atoms with Crippen molar-refractivity contribution >= 4 is 33.3 Å². The summed E-state index contributed by atoms with van der Waals surface area (Å²) >= 11 is 1.57. The van der Waals surface area contributed by atoms with Crippen molar-refractivity contribution in [1.82, 2.24) is 14.9 Å². The molecule has 0 spiro atoms. The lowest BCUT2D eigenvalue weighted by Crippen LogP contribution is -2.49. The Balaban J connectivity index is 1.61. The molecule has 0 N–H and O–H groups in total. The Labute approximate surface area is 207 Å². The topological polar surface area (TPSA) is 49.3 Å². The van der Waals surface area contributed by atoms with E-state index in [1.54, 1.807) is 11.3 Å². The summed E-state index contributed by atoms with van der Waals surface area (Å²) in [6.45, 7) is 8.87. The molecule has 1 aliphatic rings. The molecule has 1 saturated heterocycles. The van der Waals surface area contributed by atoms with Crippen molar-refractivity contribution in [3.63, 3.8) is 0 Å². The van der Waals surface area contributed by atoms with Crippen molar-refractivity contribution in [2.75, 3.05) is 31.1 Å². The second kappa shape index (κ2) is 9.20. The first kappa shape index (κ1) is 26.2. The van der Waals surface area contributed by atoms with Gasteiger partial charge in [-0.15, -0.1) is 11.3 Å². The first-order valence-electron chi connectivity index (χ1n) is 11.3. The molecule has 4 rings (SSSR count). The maximum atomic E-state index is 13.2. The van der Waals surface area contributed by atoms with E-state index in [1.165, 1.54) is 4.90 Å². The number of hydrogen-bond acceptors (Lipinski definition) is 5. The zero-order chi connectivity index (χ0) is 26.6. The second-order valence-electron chi connectivity index (χ2n) is 9.10.